The number of thioether (sulfide) groups is 1. The lowest BCUT2D eigenvalue weighted by atomic mass is 9.46. The number of fused-ring (bicyclic) bond motifs is 5. The first-order chi connectivity index (χ1) is 18.3. The van der Waals surface area contributed by atoms with Crippen molar-refractivity contribution < 1.29 is 4.79 Å². The minimum Gasteiger partial charge on any atom is -0.355 e. The van der Waals surface area contributed by atoms with E-state index in [4.69, 9.17) is 4.98 Å². The van der Waals surface area contributed by atoms with Crippen LogP contribution in [0.4, 0.5) is 17.3 Å². The Morgan fingerprint density at radius 3 is 2.74 bits per heavy atom. The quantitative estimate of drug-likeness (QED) is 0.517. The van der Waals surface area contributed by atoms with Crippen molar-refractivity contribution in [3.8, 4) is 0 Å². The van der Waals surface area contributed by atoms with Crippen LogP contribution in [0.3, 0.4) is 0 Å². The molecule has 3 aliphatic heterocycles. The number of para-hydroxylation sites is 1. The molecule has 1 amide bonds. The van der Waals surface area contributed by atoms with E-state index in [0.717, 1.165) is 82.4 Å². The van der Waals surface area contributed by atoms with Crippen LogP contribution in [0.25, 0.3) is 0 Å². The van der Waals surface area contributed by atoms with Crippen molar-refractivity contribution in [3.63, 3.8) is 0 Å². The summed E-state index contributed by atoms with van der Waals surface area (Å²) >= 11 is 1.65. The number of aromatic nitrogens is 3. The van der Waals surface area contributed by atoms with Crippen LogP contribution in [0.5, 0.6) is 0 Å². The van der Waals surface area contributed by atoms with Crippen LogP contribution >= 0.6 is 11.8 Å². The number of nitrogens with zero attached hydrogens (tertiary/aromatic N) is 6. The molecule has 0 spiro atoms. The van der Waals surface area contributed by atoms with Gasteiger partial charge >= 0.3 is 0 Å². The number of aryl methyl sites for hydroxylation is 1. The number of anilines is 3. The largest absolute Gasteiger partial charge is 0.355 e. The molecule has 11 heteroatoms. The van der Waals surface area contributed by atoms with Crippen molar-refractivity contribution in [1.29, 1.82) is 0 Å². The van der Waals surface area contributed by atoms with Gasteiger partial charge in [0.2, 0.25) is 5.91 Å². The third-order valence-corrected chi connectivity index (χ3v) is 8.78. The number of benzene rings is 1. The van der Waals surface area contributed by atoms with Gasteiger partial charge in [0, 0.05) is 36.3 Å². The van der Waals surface area contributed by atoms with Gasteiger partial charge in [0.05, 0.1) is 34.8 Å². The highest BCUT2D eigenvalue weighted by atomic mass is 32.2. The smallest absolute Gasteiger partial charge is 0.249 e. The predicted molar refractivity (Wildman–Crippen MR) is 157 cm³/mol. The van der Waals surface area contributed by atoms with E-state index in [-0.39, 0.29) is 5.91 Å². The van der Waals surface area contributed by atoms with Crippen molar-refractivity contribution in [2.75, 3.05) is 43.0 Å². The molecular weight excluding hydrogens is 492 g/mol. The van der Waals surface area contributed by atoms with Gasteiger partial charge < -0.3 is 15.1 Å². The molecule has 2 aromatic heterocycles. The topological polar surface area (TPSA) is 77.5 Å². The van der Waals surface area contributed by atoms with Gasteiger partial charge in [-0.05, 0) is 55.9 Å². The molecular formula is C27H31B2N7OS. The zero-order valence-electron chi connectivity index (χ0n) is 22.4. The summed E-state index contributed by atoms with van der Waals surface area (Å²) in [4.78, 5) is 35.9. The van der Waals surface area contributed by atoms with Gasteiger partial charge in [-0.2, -0.15) is 0 Å². The highest BCUT2D eigenvalue weighted by Gasteiger charge is 2.46. The molecule has 0 bridgehead atoms. The fraction of sp³-hybridized carbons (Fsp3) is 0.333. The molecule has 38 heavy (non-hydrogen) atoms. The van der Waals surface area contributed by atoms with Crippen LogP contribution in [0.15, 0.2) is 64.3 Å². The van der Waals surface area contributed by atoms with E-state index in [9.17, 15) is 4.79 Å². The van der Waals surface area contributed by atoms with E-state index in [1.165, 1.54) is 0 Å². The molecule has 1 fully saturated rings. The number of pyridine rings is 1. The molecule has 3 aromatic rings. The van der Waals surface area contributed by atoms with Crippen LogP contribution in [0, 0.1) is 6.92 Å². The second kappa shape index (κ2) is 9.78. The number of hydrogen-bond acceptors (Lipinski definition) is 8. The molecule has 6 rings (SSSR count). The maximum Gasteiger partial charge on any atom is 0.249 e. The Bertz CT molecular complexity index is 1430. The molecule has 0 aliphatic carbocycles. The molecule has 5 heterocycles. The molecule has 1 N–H and O–H groups in total. The number of hydrogen-bond donors (Lipinski definition) is 1. The van der Waals surface area contributed by atoms with Crippen molar-refractivity contribution in [3.05, 3.63) is 76.3 Å². The van der Waals surface area contributed by atoms with E-state index in [0.29, 0.717) is 6.54 Å². The van der Waals surface area contributed by atoms with Crippen LogP contribution in [0.1, 0.15) is 23.4 Å². The summed E-state index contributed by atoms with van der Waals surface area (Å²) in [6, 6.07) is 12.6. The Morgan fingerprint density at radius 2 is 1.92 bits per heavy atom. The summed E-state index contributed by atoms with van der Waals surface area (Å²) < 4.78 is 0. The lowest BCUT2D eigenvalue weighted by Gasteiger charge is -2.40. The molecule has 0 saturated carbocycles. The first kappa shape index (κ1) is 25.0. The lowest BCUT2D eigenvalue weighted by Crippen LogP contribution is -2.45. The van der Waals surface area contributed by atoms with E-state index >= 15 is 0 Å². The van der Waals surface area contributed by atoms with Crippen molar-refractivity contribution in [2.45, 2.75) is 30.0 Å². The minimum absolute atomic E-state index is 0.0945. The molecule has 0 unspecified atom stereocenters. The number of carbonyl (C=O) groups is 1. The van der Waals surface area contributed by atoms with Gasteiger partial charge in [0.25, 0.3) is 0 Å². The molecule has 192 valence electrons. The normalized spacial score (nSPS) is 18.5. The van der Waals surface area contributed by atoms with Gasteiger partial charge in [-0.15, -0.1) is 0 Å². The number of likely N-dealkylation sites (N-methyl/N-ethyl adjacent to an activating group) is 1. The molecule has 1 saturated heterocycles. The fourth-order valence-corrected chi connectivity index (χ4v) is 6.81. The molecule has 0 atom stereocenters. The Kier molecular flexibility index (Phi) is 6.44. The average molecular weight is 523 g/mol. The lowest BCUT2D eigenvalue weighted by molar-refractivity contribution is -0.117. The molecule has 3 aliphatic rings. The highest BCUT2D eigenvalue weighted by Crippen LogP contribution is 2.56. The first-order valence-corrected chi connectivity index (χ1v) is 14.0. The van der Waals surface area contributed by atoms with Gasteiger partial charge in [0.1, 0.15) is 27.3 Å². The van der Waals surface area contributed by atoms with E-state index in [2.05, 4.69) is 77.0 Å². The molecule has 8 nitrogen and oxygen atoms in total. The predicted octanol–water partition coefficient (Wildman–Crippen LogP) is 1.53. The average Bonchev–Trinajstić information content (AvgIpc) is 3.14. The fourth-order valence-electron chi connectivity index (χ4n) is 5.46. The van der Waals surface area contributed by atoms with Crippen molar-refractivity contribution in [2.24, 2.45) is 0 Å². The number of carbonyl (C=O) groups excluding carboxylic acids is 1. The van der Waals surface area contributed by atoms with E-state index in [1.54, 1.807) is 24.2 Å². The van der Waals surface area contributed by atoms with Gasteiger partial charge in [0.15, 0.2) is 0 Å². The van der Waals surface area contributed by atoms with Crippen LogP contribution < -0.4 is 15.1 Å². The third-order valence-electron chi connectivity index (χ3n) is 7.64. The summed E-state index contributed by atoms with van der Waals surface area (Å²) in [6.45, 7) is 6.29. The Hall–Kier alpha value is -3.30. The second-order valence-corrected chi connectivity index (χ2v) is 11.8. The standard InChI is InChI=1S/C27H31B2N7OS/c1-17-14-31-18(15-30-17)16-32-25(37)23-26-36(20-6-3-4-7-21(20)38-26)24-19(27(23,28)29)8-9-22(33-24)35-11-5-10-34(2)12-13-35/h3-4,6-9,14-15H,5,10-13,16,28-29H2,1-2H3,(H,32,37). The number of nitrogens with one attached hydrogen (secondary N) is 1. The summed E-state index contributed by atoms with van der Waals surface area (Å²) in [7, 11) is 6.44. The Labute approximate surface area is 229 Å². The monoisotopic (exact) mass is 523 g/mol. The Balaban J connectivity index is 1.40. The molecule has 1 aromatic carbocycles. The van der Waals surface area contributed by atoms with Crippen molar-refractivity contribution in [1.82, 2.24) is 25.2 Å². The number of rotatable bonds is 4. The second-order valence-electron chi connectivity index (χ2n) is 10.7. The SMILES string of the molecule is BC1(B)C(C(=O)NCc2cnc(C)cn2)=C2Sc3ccccc3N2c2nc(N3CCCN(C)CC3)ccc21. The first-order valence-electron chi connectivity index (χ1n) is 13.2. The summed E-state index contributed by atoms with van der Waals surface area (Å²) in [5.41, 5.74) is 4.45. The van der Waals surface area contributed by atoms with Gasteiger partial charge in [-0.25, -0.2) is 4.98 Å². The van der Waals surface area contributed by atoms with Gasteiger partial charge in [-0.3, -0.25) is 19.7 Å². The third kappa shape index (κ3) is 4.37. The van der Waals surface area contributed by atoms with Gasteiger partial charge in [-0.1, -0.05) is 30.0 Å². The maximum absolute atomic E-state index is 13.9. The zero-order chi connectivity index (χ0) is 26.4. The van der Waals surface area contributed by atoms with Crippen LogP contribution in [-0.4, -0.2) is 74.7 Å². The number of amides is 1. The van der Waals surface area contributed by atoms with E-state index < -0.39 is 5.21 Å². The maximum atomic E-state index is 13.9. The zero-order valence-corrected chi connectivity index (χ0v) is 23.2. The summed E-state index contributed by atoms with van der Waals surface area (Å²) in [6.07, 6.45) is 4.55. The van der Waals surface area contributed by atoms with Crippen LogP contribution in [-0.2, 0) is 16.6 Å². The van der Waals surface area contributed by atoms with Crippen LogP contribution in [0.2, 0.25) is 0 Å². The molecule has 0 radical (unpaired) electrons. The summed E-state index contributed by atoms with van der Waals surface area (Å²) in [5, 5.41) is 3.50. The summed E-state index contributed by atoms with van der Waals surface area (Å²) in [5.74, 6) is 1.82. The Morgan fingerprint density at radius 1 is 1.08 bits per heavy atom. The van der Waals surface area contributed by atoms with Crippen molar-refractivity contribution >= 4 is 50.7 Å². The van der Waals surface area contributed by atoms with E-state index in [1.807, 2.05) is 19.1 Å². The highest BCUT2D eigenvalue weighted by molar-refractivity contribution is 8.03. The minimum atomic E-state index is -0.538.